The lowest BCUT2D eigenvalue weighted by atomic mass is 10.3. The quantitative estimate of drug-likeness (QED) is 0.564. The fourth-order valence-corrected chi connectivity index (χ4v) is 2.95. The molecule has 0 bridgehead atoms. The van der Waals surface area contributed by atoms with Crippen LogP contribution in [0, 0.1) is 0 Å². The van der Waals surface area contributed by atoms with Crippen LogP contribution in [0.1, 0.15) is 15.5 Å². The van der Waals surface area contributed by atoms with E-state index in [9.17, 15) is 9.59 Å². The summed E-state index contributed by atoms with van der Waals surface area (Å²) in [6.07, 6.45) is 0. The average Bonchev–Trinajstić information content (AvgIpc) is 3.30. The van der Waals surface area contributed by atoms with Crippen LogP contribution in [-0.2, 0) is 6.61 Å². The van der Waals surface area contributed by atoms with Crippen molar-refractivity contribution in [1.29, 1.82) is 0 Å². The van der Waals surface area contributed by atoms with Crippen LogP contribution in [0.4, 0.5) is 5.82 Å². The van der Waals surface area contributed by atoms with Crippen molar-refractivity contribution in [2.24, 2.45) is 0 Å². The number of aromatic nitrogens is 4. The van der Waals surface area contributed by atoms with E-state index in [-0.39, 0.29) is 29.7 Å². The molecule has 4 aromatic rings. The second-order valence-electron chi connectivity index (χ2n) is 5.32. The lowest BCUT2D eigenvalue weighted by molar-refractivity contribution is 0.103. The number of hydrogen-bond acceptors (Lipinski definition) is 6. The van der Waals surface area contributed by atoms with E-state index < -0.39 is 0 Å². The molecule has 2 N–H and O–H groups in total. The summed E-state index contributed by atoms with van der Waals surface area (Å²) in [5.74, 6) is 1.21. The fraction of sp³-hybridized carbons (Fsp3) is 0.0588. The number of benzene rings is 1. The number of H-pyrrole nitrogens is 1. The summed E-state index contributed by atoms with van der Waals surface area (Å²) in [4.78, 5) is 31.5. The van der Waals surface area contributed by atoms with Crippen LogP contribution in [0.2, 0.25) is 0 Å². The molecule has 1 amide bonds. The van der Waals surface area contributed by atoms with Gasteiger partial charge in [-0.1, -0.05) is 24.3 Å². The molecule has 0 unspecified atom stereocenters. The summed E-state index contributed by atoms with van der Waals surface area (Å²) < 4.78 is 6.99. The molecule has 3 heterocycles. The summed E-state index contributed by atoms with van der Waals surface area (Å²) >= 11 is 1.31. The molecular weight excluding hydrogens is 354 g/mol. The van der Waals surface area contributed by atoms with Gasteiger partial charge in [0.2, 0.25) is 5.78 Å². The minimum absolute atomic E-state index is 0.131. The summed E-state index contributed by atoms with van der Waals surface area (Å²) in [6.45, 7) is 0.131. The Bertz CT molecular complexity index is 1100. The van der Waals surface area contributed by atoms with Gasteiger partial charge in [-0.3, -0.25) is 14.6 Å². The highest BCUT2D eigenvalue weighted by molar-refractivity contribution is 7.12. The number of aromatic amines is 1. The number of ether oxygens (including phenoxy) is 1. The maximum absolute atomic E-state index is 12.2. The number of nitrogens with zero attached hydrogens (tertiary/aromatic N) is 3. The summed E-state index contributed by atoms with van der Waals surface area (Å²) in [5, 5.41) is 8.79. The van der Waals surface area contributed by atoms with Crippen molar-refractivity contribution in [2.45, 2.75) is 6.61 Å². The van der Waals surface area contributed by atoms with E-state index in [1.165, 1.54) is 21.9 Å². The summed E-state index contributed by atoms with van der Waals surface area (Å²) in [6, 6.07) is 14.0. The monoisotopic (exact) mass is 367 g/mol. The molecule has 4 rings (SSSR count). The highest BCUT2D eigenvalue weighted by Gasteiger charge is 2.13. The topological polar surface area (TPSA) is 101 Å². The minimum atomic E-state index is -0.387. The van der Waals surface area contributed by atoms with E-state index in [0.29, 0.717) is 16.5 Å². The first-order valence-electron chi connectivity index (χ1n) is 7.71. The zero-order chi connectivity index (χ0) is 17.9. The van der Waals surface area contributed by atoms with E-state index >= 15 is 0 Å². The third-order valence-corrected chi connectivity index (χ3v) is 4.35. The molecule has 0 saturated heterocycles. The average molecular weight is 367 g/mol. The molecule has 8 nitrogen and oxygen atoms in total. The zero-order valence-electron chi connectivity index (χ0n) is 13.4. The lowest BCUT2D eigenvalue weighted by Gasteiger charge is -2.04. The number of para-hydroxylation sites is 1. The third-order valence-electron chi connectivity index (χ3n) is 3.48. The van der Waals surface area contributed by atoms with Gasteiger partial charge in [-0.15, -0.1) is 16.4 Å². The minimum Gasteiger partial charge on any atom is -0.486 e. The van der Waals surface area contributed by atoms with Gasteiger partial charge in [0.15, 0.2) is 5.82 Å². The maximum atomic E-state index is 12.2. The molecule has 0 fully saturated rings. The molecule has 9 heteroatoms. The number of nitrogens with one attached hydrogen (secondary N) is 2. The van der Waals surface area contributed by atoms with Crippen molar-refractivity contribution in [1.82, 2.24) is 19.6 Å². The van der Waals surface area contributed by atoms with Gasteiger partial charge in [0.25, 0.3) is 11.5 Å². The number of amides is 1. The Morgan fingerprint density at radius 1 is 1.23 bits per heavy atom. The largest absolute Gasteiger partial charge is 0.486 e. The SMILES string of the molecule is O=C(Nc1cc(=O)[nH]c2nc(COc3ccccc3)nn12)c1cccs1. The van der Waals surface area contributed by atoms with Gasteiger partial charge in [-0.05, 0) is 23.6 Å². The molecule has 0 aliphatic carbocycles. The van der Waals surface area contributed by atoms with E-state index in [2.05, 4.69) is 20.4 Å². The maximum Gasteiger partial charge on any atom is 0.266 e. The molecule has 130 valence electrons. The molecule has 1 aromatic carbocycles. The Kier molecular flexibility index (Phi) is 4.20. The van der Waals surface area contributed by atoms with E-state index in [1.54, 1.807) is 17.5 Å². The van der Waals surface area contributed by atoms with Gasteiger partial charge < -0.3 is 10.1 Å². The molecule has 0 aliphatic heterocycles. The van der Waals surface area contributed by atoms with Crippen molar-refractivity contribution in [3.05, 3.63) is 75.0 Å². The smallest absolute Gasteiger partial charge is 0.266 e. The lowest BCUT2D eigenvalue weighted by Crippen LogP contribution is -2.18. The number of carbonyl (C=O) groups is 1. The molecule has 26 heavy (non-hydrogen) atoms. The van der Waals surface area contributed by atoms with Crippen LogP contribution < -0.4 is 15.6 Å². The number of anilines is 1. The Labute approximate surface area is 151 Å². The first kappa shape index (κ1) is 16.0. The van der Waals surface area contributed by atoms with E-state index in [0.717, 1.165) is 0 Å². The molecular formula is C17H13N5O3S. The molecule has 0 aliphatic rings. The number of rotatable bonds is 5. The molecule has 0 saturated carbocycles. The Hall–Kier alpha value is -3.46. The highest BCUT2D eigenvalue weighted by atomic mass is 32.1. The predicted molar refractivity (Wildman–Crippen MR) is 96.7 cm³/mol. The van der Waals surface area contributed by atoms with Gasteiger partial charge in [-0.25, -0.2) is 0 Å². The summed E-state index contributed by atoms with van der Waals surface area (Å²) in [5.41, 5.74) is -0.387. The van der Waals surface area contributed by atoms with Gasteiger partial charge in [0.05, 0.1) is 4.88 Å². The van der Waals surface area contributed by atoms with E-state index in [4.69, 9.17) is 4.74 Å². The van der Waals surface area contributed by atoms with Crippen molar-refractivity contribution in [3.8, 4) is 5.75 Å². The van der Waals surface area contributed by atoms with Gasteiger partial charge in [-0.2, -0.15) is 9.50 Å². The normalized spacial score (nSPS) is 10.8. The van der Waals surface area contributed by atoms with Crippen LogP contribution in [0.15, 0.2) is 58.7 Å². The predicted octanol–water partition coefficient (Wildman–Crippen LogP) is 2.31. The van der Waals surface area contributed by atoms with Crippen molar-refractivity contribution < 1.29 is 9.53 Å². The number of fused-ring (bicyclic) bond motifs is 1. The first-order valence-corrected chi connectivity index (χ1v) is 8.59. The first-order chi connectivity index (χ1) is 12.7. The Balaban J connectivity index is 1.60. The fourth-order valence-electron chi connectivity index (χ4n) is 2.34. The van der Waals surface area contributed by atoms with Crippen LogP contribution >= 0.6 is 11.3 Å². The molecule has 0 radical (unpaired) electrons. The summed E-state index contributed by atoms with van der Waals surface area (Å²) in [7, 11) is 0. The Morgan fingerprint density at radius 2 is 2.08 bits per heavy atom. The number of carbonyl (C=O) groups excluding carboxylic acids is 1. The number of hydrogen-bond donors (Lipinski definition) is 2. The van der Waals surface area contributed by atoms with Crippen LogP contribution in [0.3, 0.4) is 0 Å². The molecule has 0 spiro atoms. The number of thiophene rings is 1. The van der Waals surface area contributed by atoms with Gasteiger partial charge >= 0.3 is 0 Å². The molecule has 0 atom stereocenters. The van der Waals surface area contributed by atoms with Crippen molar-refractivity contribution in [3.63, 3.8) is 0 Å². The van der Waals surface area contributed by atoms with Crippen LogP contribution in [0.5, 0.6) is 5.75 Å². The van der Waals surface area contributed by atoms with Crippen molar-refractivity contribution >= 4 is 28.8 Å². The highest BCUT2D eigenvalue weighted by Crippen LogP contribution is 2.14. The van der Waals surface area contributed by atoms with Crippen LogP contribution in [-0.4, -0.2) is 25.5 Å². The van der Waals surface area contributed by atoms with Gasteiger partial charge in [0, 0.05) is 6.07 Å². The third kappa shape index (κ3) is 3.33. The van der Waals surface area contributed by atoms with E-state index in [1.807, 2.05) is 30.3 Å². The zero-order valence-corrected chi connectivity index (χ0v) is 14.2. The van der Waals surface area contributed by atoms with Crippen LogP contribution in [0.25, 0.3) is 5.78 Å². The standard InChI is InChI=1S/C17H13N5O3S/c23-15-9-14(19-16(24)12-7-4-8-26-12)22-17(20-15)18-13(21-22)10-25-11-5-2-1-3-6-11/h1-9H,10H2,(H,19,24)(H,18,20,21,23). The Morgan fingerprint density at radius 3 is 2.85 bits per heavy atom. The molecule has 3 aromatic heterocycles. The van der Waals surface area contributed by atoms with Gasteiger partial charge in [0.1, 0.15) is 18.2 Å². The second kappa shape index (κ2) is 6.81. The second-order valence-corrected chi connectivity index (χ2v) is 6.26. The van der Waals surface area contributed by atoms with Crippen molar-refractivity contribution in [2.75, 3.05) is 5.32 Å².